The molecule has 2 heterocycles. The largest absolute Gasteiger partial charge is 0.477 e. The smallest absolute Gasteiger partial charge is 0.352 e. The van der Waals surface area contributed by atoms with Gasteiger partial charge in [-0.1, -0.05) is 16.8 Å². The van der Waals surface area contributed by atoms with E-state index in [9.17, 15) is 4.79 Å². The van der Waals surface area contributed by atoms with Gasteiger partial charge in [0, 0.05) is 12.3 Å². The molecule has 0 radical (unpaired) electrons. The minimum atomic E-state index is -1.02. The minimum absolute atomic E-state index is 0.124. The third-order valence-electron chi connectivity index (χ3n) is 2.09. The molecule has 0 aliphatic carbocycles. The van der Waals surface area contributed by atoms with E-state index in [1.807, 2.05) is 0 Å². The van der Waals surface area contributed by atoms with Gasteiger partial charge in [0.1, 0.15) is 5.69 Å². The molecule has 0 saturated carbocycles. The van der Waals surface area contributed by atoms with Crippen molar-refractivity contribution < 1.29 is 14.4 Å². The first kappa shape index (κ1) is 10.8. The number of nitrogens with zero attached hydrogens (tertiary/aromatic N) is 2. The fourth-order valence-corrected chi connectivity index (χ4v) is 1.66. The predicted molar refractivity (Wildman–Crippen MR) is 56.7 cm³/mol. The van der Waals surface area contributed by atoms with Crippen LogP contribution < -0.4 is 0 Å². The maximum absolute atomic E-state index is 10.9. The molecular weight excluding hydrogens is 232 g/mol. The number of carbonyl (C=O) groups is 1. The number of aryl methyl sites for hydroxylation is 1. The van der Waals surface area contributed by atoms with Crippen molar-refractivity contribution in [3.8, 4) is 0 Å². The Morgan fingerprint density at radius 1 is 1.62 bits per heavy atom. The van der Waals surface area contributed by atoms with Crippen molar-refractivity contribution in [1.82, 2.24) is 9.72 Å². The molecule has 1 N–H and O–H groups in total. The summed E-state index contributed by atoms with van der Waals surface area (Å²) in [6.07, 6.45) is 1.54. The molecule has 0 aliphatic rings. The van der Waals surface area contributed by atoms with Crippen LogP contribution in [0.1, 0.15) is 21.9 Å². The molecule has 84 valence electrons. The Hall–Kier alpha value is -1.75. The van der Waals surface area contributed by atoms with Gasteiger partial charge >= 0.3 is 5.97 Å². The van der Waals surface area contributed by atoms with Crippen molar-refractivity contribution in [1.29, 1.82) is 0 Å². The van der Waals surface area contributed by atoms with Crippen LogP contribution in [0.5, 0.6) is 0 Å². The third-order valence-corrected chi connectivity index (χ3v) is 2.29. The average molecular weight is 241 g/mol. The summed E-state index contributed by atoms with van der Waals surface area (Å²) in [5.41, 5.74) is 0.879. The standard InChI is InChI=1S/C10H9ClN2O3/c1-6-2-8(16-12-6)5-13-4-7(11)3-9(13)10(14)15/h2-4H,5H2,1H3,(H,14,15). The Bertz CT molecular complexity index is 530. The first-order valence-corrected chi connectivity index (χ1v) is 4.95. The van der Waals surface area contributed by atoms with Crippen molar-refractivity contribution in [2.75, 3.05) is 0 Å². The van der Waals surface area contributed by atoms with Crippen LogP contribution in [0, 0.1) is 6.92 Å². The minimum Gasteiger partial charge on any atom is -0.477 e. The van der Waals surface area contributed by atoms with Crippen LogP contribution in [0.15, 0.2) is 22.9 Å². The van der Waals surface area contributed by atoms with Crippen molar-refractivity contribution >= 4 is 17.6 Å². The summed E-state index contributed by atoms with van der Waals surface area (Å²) in [6, 6.07) is 3.15. The quantitative estimate of drug-likeness (QED) is 0.893. The summed E-state index contributed by atoms with van der Waals surface area (Å²) in [6.45, 7) is 2.10. The molecule has 16 heavy (non-hydrogen) atoms. The molecule has 0 spiro atoms. The topological polar surface area (TPSA) is 68.3 Å². The Morgan fingerprint density at radius 3 is 2.94 bits per heavy atom. The van der Waals surface area contributed by atoms with Crippen molar-refractivity contribution in [3.63, 3.8) is 0 Å². The first-order chi connectivity index (χ1) is 7.56. The van der Waals surface area contributed by atoms with E-state index in [0.717, 1.165) is 5.69 Å². The Morgan fingerprint density at radius 2 is 2.38 bits per heavy atom. The summed E-state index contributed by atoms with van der Waals surface area (Å²) in [5, 5.41) is 13.0. The van der Waals surface area contributed by atoms with E-state index in [0.29, 0.717) is 17.3 Å². The Balaban J connectivity index is 2.30. The third kappa shape index (κ3) is 2.09. The average Bonchev–Trinajstić information content (AvgIpc) is 2.74. The Kier molecular flexibility index (Phi) is 2.70. The maximum atomic E-state index is 10.9. The lowest BCUT2D eigenvalue weighted by molar-refractivity contribution is 0.0685. The van der Waals surface area contributed by atoms with Gasteiger partial charge in [-0.25, -0.2) is 4.79 Å². The summed E-state index contributed by atoms with van der Waals surface area (Å²) < 4.78 is 6.51. The number of aromatic nitrogens is 2. The number of hydrogen-bond acceptors (Lipinski definition) is 3. The lowest BCUT2D eigenvalue weighted by atomic mass is 10.3. The van der Waals surface area contributed by atoms with Crippen molar-refractivity contribution in [3.05, 3.63) is 40.5 Å². The monoisotopic (exact) mass is 240 g/mol. The summed E-state index contributed by atoms with van der Waals surface area (Å²) in [5.74, 6) is -0.435. The van der Waals surface area contributed by atoms with Crippen molar-refractivity contribution in [2.45, 2.75) is 13.5 Å². The van der Waals surface area contributed by atoms with Crippen LogP contribution >= 0.6 is 11.6 Å². The molecule has 0 bridgehead atoms. The lowest BCUT2D eigenvalue weighted by Gasteiger charge is -2.01. The molecule has 0 unspecified atom stereocenters. The number of rotatable bonds is 3. The zero-order valence-corrected chi connectivity index (χ0v) is 9.23. The van der Waals surface area contributed by atoms with Gasteiger partial charge in [0.25, 0.3) is 0 Å². The molecule has 0 aromatic carbocycles. The van der Waals surface area contributed by atoms with Crippen LogP contribution in [0.4, 0.5) is 0 Å². The van der Waals surface area contributed by atoms with Crippen LogP contribution in [0.2, 0.25) is 5.02 Å². The Labute approximate surface area is 96.2 Å². The zero-order valence-electron chi connectivity index (χ0n) is 8.48. The van der Waals surface area contributed by atoms with E-state index in [1.165, 1.54) is 10.6 Å². The molecule has 0 amide bonds. The molecule has 0 atom stereocenters. The van der Waals surface area contributed by atoms with Gasteiger partial charge in [0.2, 0.25) is 0 Å². The van der Waals surface area contributed by atoms with E-state index >= 15 is 0 Å². The molecule has 0 fully saturated rings. The summed E-state index contributed by atoms with van der Waals surface area (Å²) in [4.78, 5) is 10.9. The maximum Gasteiger partial charge on any atom is 0.352 e. The molecular formula is C10H9ClN2O3. The van der Waals surface area contributed by atoms with Gasteiger partial charge in [0.05, 0.1) is 17.3 Å². The van der Waals surface area contributed by atoms with E-state index in [1.54, 1.807) is 19.2 Å². The second-order valence-electron chi connectivity index (χ2n) is 3.41. The van der Waals surface area contributed by atoms with E-state index in [-0.39, 0.29) is 5.69 Å². The second-order valence-corrected chi connectivity index (χ2v) is 3.85. The summed E-state index contributed by atoms with van der Waals surface area (Å²) in [7, 11) is 0. The molecule has 0 saturated heterocycles. The number of carboxylic acid groups (broad SMARTS) is 1. The fraction of sp³-hybridized carbons (Fsp3) is 0.200. The number of halogens is 1. The predicted octanol–water partition coefficient (Wildman–Crippen LogP) is 2.18. The van der Waals surface area contributed by atoms with E-state index in [2.05, 4.69) is 5.16 Å². The molecule has 0 aliphatic heterocycles. The normalized spacial score (nSPS) is 10.6. The van der Waals surface area contributed by atoms with Gasteiger partial charge in [0.15, 0.2) is 5.76 Å². The SMILES string of the molecule is Cc1cc(Cn2cc(Cl)cc2C(=O)O)on1. The highest BCUT2D eigenvalue weighted by Gasteiger charge is 2.13. The molecule has 6 heteroatoms. The summed E-state index contributed by atoms with van der Waals surface area (Å²) >= 11 is 5.75. The van der Waals surface area contributed by atoms with Gasteiger partial charge < -0.3 is 14.2 Å². The van der Waals surface area contributed by atoms with Gasteiger partial charge in [-0.15, -0.1) is 0 Å². The first-order valence-electron chi connectivity index (χ1n) is 4.57. The highest BCUT2D eigenvalue weighted by atomic mass is 35.5. The van der Waals surface area contributed by atoms with E-state index in [4.69, 9.17) is 21.2 Å². The van der Waals surface area contributed by atoms with Crippen molar-refractivity contribution in [2.24, 2.45) is 0 Å². The fourth-order valence-electron chi connectivity index (χ4n) is 1.44. The number of aromatic carboxylic acids is 1. The number of carboxylic acids is 1. The molecule has 2 aromatic rings. The van der Waals surface area contributed by atoms with E-state index < -0.39 is 5.97 Å². The van der Waals surface area contributed by atoms with Gasteiger partial charge in [-0.3, -0.25) is 0 Å². The highest BCUT2D eigenvalue weighted by Crippen LogP contribution is 2.16. The van der Waals surface area contributed by atoms with Crippen LogP contribution in [0.3, 0.4) is 0 Å². The zero-order chi connectivity index (χ0) is 11.7. The highest BCUT2D eigenvalue weighted by molar-refractivity contribution is 6.30. The van der Waals surface area contributed by atoms with Crippen LogP contribution in [-0.2, 0) is 6.54 Å². The van der Waals surface area contributed by atoms with Gasteiger partial charge in [-0.2, -0.15) is 0 Å². The number of hydrogen-bond donors (Lipinski definition) is 1. The molecule has 2 aromatic heterocycles. The molecule has 2 rings (SSSR count). The van der Waals surface area contributed by atoms with Crippen LogP contribution in [0.25, 0.3) is 0 Å². The second kappa shape index (κ2) is 4.02. The lowest BCUT2D eigenvalue weighted by Crippen LogP contribution is -2.07. The molecule has 5 nitrogen and oxygen atoms in total. The van der Waals surface area contributed by atoms with Crippen LogP contribution in [-0.4, -0.2) is 20.8 Å². The van der Waals surface area contributed by atoms with Gasteiger partial charge in [-0.05, 0) is 13.0 Å².